The van der Waals surface area contributed by atoms with Crippen molar-refractivity contribution >= 4 is 0 Å². The van der Waals surface area contributed by atoms with Crippen LogP contribution in [0.3, 0.4) is 0 Å². The Morgan fingerprint density at radius 3 is 2.46 bits per heavy atom. The second kappa shape index (κ2) is 3.77. The van der Waals surface area contributed by atoms with Gasteiger partial charge in [0.15, 0.2) is 0 Å². The van der Waals surface area contributed by atoms with Crippen molar-refractivity contribution in [2.45, 2.75) is 27.4 Å². The molecule has 0 aliphatic rings. The maximum atomic E-state index is 9.50. The van der Waals surface area contributed by atoms with Crippen LogP contribution in [0, 0.1) is 20.8 Å². The summed E-state index contributed by atoms with van der Waals surface area (Å²) in [5.74, 6) is 5.35. The highest BCUT2D eigenvalue weighted by atomic mass is 16.6. The second-order valence-electron chi connectivity index (χ2n) is 3.25. The molecular formula is C10H15NO2. The molecule has 0 saturated carbocycles. The summed E-state index contributed by atoms with van der Waals surface area (Å²) < 4.78 is 0. The Balaban J connectivity index is 3.26. The lowest BCUT2D eigenvalue weighted by molar-refractivity contribution is 0.123. The number of rotatable bonds is 2. The van der Waals surface area contributed by atoms with Gasteiger partial charge in [-0.2, -0.15) is 0 Å². The van der Waals surface area contributed by atoms with Crippen molar-refractivity contribution in [2.24, 2.45) is 5.90 Å². The van der Waals surface area contributed by atoms with Crippen LogP contribution in [0.15, 0.2) is 6.07 Å². The Morgan fingerprint density at radius 1 is 1.31 bits per heavy atom. The molecule has 0 spiro atoms. The topological polar surface area (TPSA) is 55.5 Å². The average molecular weight is 181 g/mol. The van der Waals surface area contributed by atoms with E-state index in [2.05, 4.69) is 4.84 Å². The van der Waals surface area contributed by atoms with Crippen LogP contribution < -0.4 is 5.90 Å². The van der Waals surface area contributed by atoms with E-state index in [1.165, 1.54) is 0 Å². The number of phenols is 1. The SMILES string of the molecule is Cc1cc(O)c(C)c(C)c1CON. The number of benzene rings is 1. The zero-order valence-electron chi connectivity index (χ0n) is 8.22. The van der Waals surface area contributed by atoms with Crippen LogP contribution >= 0.6 is 0 Å². The molecule has 72 valence electrons. The van der Waals surface area contributed by atoms with Gasteiger partial charge >= 0.3 is 0 Å². The third kappa shape index (κ3) is 1.82. The van der Waals surface area contributed by atoms with E-state index in [0.29, 0.717) is 12.4 Å². The van der Waals surface area contributed by atoms with Crippen molar-refractivity contribution in [1.82, 2.24) is 0 Å². The van der Waals surface area contributed by atoms with Gasteiger partial charge in [0.1, 0.15) is 5.75 Å². The van der Waals surface area contributed by atoms with Gasteiger partial charge in [0.05, 0.1) is 6.61 Å². The molecule has 0 atom stereocenters. The fraction of sp³-hybridized carbons (Fsp3) is 0.400. The summed E-state index contributed by atoms with van der Waals surface area (Å²) >= 11 is 0. The smallest absolute Gasteiger partial charge is 0.119 e. The Hall–Kier alpha value is -1.06. The molecule has 0 amide bonds. The molecule has 1 rings (SSSR count). The Morgan fingerprint density at radius 2 is 1.92 bits per heavy atom. The Kier molecular flexibility index (Phi) is 2.90. The predicted octanol–water partition coefficient (Wildman–Crippen LogP) is 1.71. The summed E-state index contributed by atoms with van der Waals surface area (Å²) in [6, 6.07) is 1.73. The molecule has 13 heavy (non-hydrogen) atoms. The fourth-order valence-electron chi connectivity index (χ4n) is 1.42. The zero-order chi connectivity index (χ0) is 10.0. The van der Waals surface area contributed by atoms with Crippen molar-refractivity contribution in [3.63, 3.8) is 0 Å². The van der Waals surface area contributed by atoms with Crippen LogP contribution in [0.2, 0.25) is 0 Å². The van der Waals surface area contributed by atoms with Crippen LogP contribution in [0.4, 0.5) is 0 Å². The standard InChI is InChI=1S/C10H15NO2/c1-6-4-10(12)8(3)7(2)9(6)5-13-11/h4,12H,5,11H2,1-3H3. The highest BCUT2D eigenvalue weighted by Crippen LogP contribution is 2.26. The van der Waals surface area contributed by atoms with Crippen LogP contribution in [-0.2, 0) is 11.4 Å². The summed E-state index contributed by atoms with van der Waals surface area (Å²) in [6.45, 7) is 6.15. The predicted molar refractivity (Wildman–Crippen MR) is 51.3 cm³/mol. The minimum absolute atomic E-state index is 0.329. The Labute approximate surface area is 78.1 Å². The monoisotopic (exact) mass is 181 g/mol. The van der Waals surface area contributed by atoms with E-state index >= 15 is 0 Å². The normalized spacial score (nSPS) is 10.5. The highest BCUT2D eigenvalue weighted by molar-refractivity contribution is 5.46. The van der Waals surface area contributed by atoms with Gasteiger partial charge in [-0.25, -0.2) is 5.90 Å². The third-order valence-electron chi connectivity index (χ3n) is 2.46. The quantitative estimate of drug-likeness (QED) is 0.683. The van der Waals surface area contributed by atoms with E-state index in [0.717, 1.165) is 22.3 Å². The number of phenolic OH excluding ortho intramolecular Hbond substituents is 1. The van der Waals surface area contributed by atoms with E-state index in [4.69, 9.17) is 5.90 Å². The molecule has 1 aromatic carbocycles. The maximum absolute atomic E-state index is 9.50. The zero-order valence-corrected chi connectivity index (χ0v) is 8.22. The van der Waals surface area contributed by atoms with E-state index in [9.17, 15) is 5.11 Å². The van der Waals surface area contributed by atoms with Gasteiger partial charge in [-0.1, -0.05) is 0 Å². The molecule has 0 aliphatic heterocycles. The number of aryl methyl sites for hydroxylation is 1. The molecule has 0 fully saturated rings. The first-order chi connectivity index (χ1) is 6.07. The van der Waals surface area contributed by atoms with Gasteiger partial charge in [-0.15, -0.1) is 0 Å². The van der Waals surface area contributed by atoms with Crippen molar-refractivity contribution < 1.29 is 9.94 Å². The van der Waals surface area contributed by atoms with E-state index in [1.54, 1.807) is 6.07 Å². The number of nitrogens with two attached hydrogens (primary N) is 1. The summed E-state index contributed by atoms with van der Waals surface area (Å²) in [5, 5.41) is 9.50. The van der Waals surface area contributed by atoms with E-state index < -0.39 is 0 Å². The third-order valence-corrected chi connectivity index (χ3v) is 2.46. The maximum Gasteiger partial charge on any atom is 0.119 e. The van der Waals surface area contributed by atoms with Crippen molar-refractivity contribution in [3.05, 3.63) is 28.3 Å². The minimum Gasteiger partial charge on any atom is -0.508 e. The second-order valence-corrected chi connectivity index (χ2v) is 3.25. The first-order valence-corrected chi connectivity index (χ1v) is 4.18. The van der Waals surface area contributed by atoms with Gasteiger partial charge in [-0.3, -0.25) is 4.84 Å². The van der Waals surface area contributed by atoms with Gasteiger partial charge in [0.25, 0.3) is 0 Å². The summed E-state index contributed by atoms with van der Waals surface area (Å²) in [6.07, 6.45) is 0. The fourth-order valence-corrected chi connectivity index (χ4v) is 1.42. The molecule has 3 N–H and O–H groups in total. The van der Waals surface area contributed by atoms with Gasteiger partial charge < -0.3 is 5.11 Å². The van der Waals surface area contributed by atoms with Crippen LogP contribution in [0.5, 0.6) is 5.75 Å². The molecule has 0 unspecified atom stereocenters. The molecule has 3 nitrogen and oxygen atoms in total. The molecule has 0 saturated heterocycles. The number of hydrogen-bond acceptors (Lipinski definition) is 3. The lowest BCUT2D eigenvalue weighted by Crippen LogP contribution is -2.04. The number of hydrogen-bond donors (Lipinski definition) is 2. The molecule has 0 heterocycles. The highest BCUT2D eigenvalue weighted by Gasteiger charge is 2.08. The van der Waals surface area contributed by atoms with Gasteiger partial charge in [0.2, 0.25) is 0 Å². The summed E-state index contributed by atoms with van der Waals surface area (Å²) in [5.41, 5.74) is 3.99. The molecule has 0 radical (unpaired) electrons. The molecule has 0 aromatic heterocycles. The average Bonchev–Trinajstić information content (AvgIpc) is 2.09. The van der Waals surface area contributed by atoms with Crippen molar-refractivity contribution in [1.29, 1.82) is 0 Å². The lowest BCUT2D eigenvalue weighted by atomic mass is 9.98. The first-order valence-electron chi connectivity index (χ1n) is 4.18. The molecule has 0 bridgehead atoms. The molecule has 3 heteroatoms. The summed E-state index contributed by atoms with van der Waals surface area (Å²) in [4.78, 5) is 4.60. The van der Waals surface area contributed by atoms with E-state index in [1.807, 2.05) is 20.8 Å². The number of aromatic hydroxyl groups is 1. The largest absolute Gasteiger partial charge is 0.508 e. The molecular weight excluding hydrogens is 166 g/mol. The van der Waals surface area contributed by atoms with E-state index in [-0.39, 0.29) is 0 Å². The van der Waals surface area contributed by atoms with Gasteiger partial charge in [-0.05, 0) is 49.1 Å². The summed E-state index contributed by atoms with van der Waals surface area (Å²) in [7, 11) is 0. The van der Waals surface area contributed by atoms with Crippen molar-refractivity contribution in [3.8, 4) is 5.75 Å². The lowest BCUT2D eigenvalue weighted by Gasteiger charge is -2.12. The molecule has 1 aromatic rings. The van der Waals surface area contributed by atoms with Crippen molar-refractivity contribution in [2.75, 3.05) is 0 Å². The molecule has 0 aliphatic carbocycles. The van der Waals surface area contributed by atoms with Crippen LogP contribution in [0.25, 0.3) is 0 Å². The van der Waals surface area contributed by atoms with Crippen LogP contribution in [0.1, 0.15) is 22.3 Å². The van der Waals surface area contributed by atoms with Gasteiger partial charge in [0, 0.05) is 0 Å². The minimum atomic E-state index is 0.329. The Bertz CT molecular complexity index is 321. The first kappa shape index (κ1) is 10.0. The van der Waals surface area contributed by atoms with Crippen LogP contribution in [-0.4, -0.2) is 5.11 Å².